The molecule has 1 aromatic rings. The van der Waals surface area contributed by atoms with Gasteiger partial charge >= 0.3 is 5.97 Å². The highest BCUT2D eigenvalue weighted by Crippen LogP contribution is 2.25. The summed E-state index contributed by atoms with van der Waals surface area (Å²) in [5, 5.41) is 8.93. The minimum atomic E-state index is -0.899. The first kappa shape index (κ1) is 15.0. The van der Waals surface area contributed by atoms with Crippen LogP contribution in [0.3, 0.4) is 0 Å². The van der Waals surface area contributed by atoms with E-state index in [9.17, 15) is 9.59 Å². The van der Waals surface area contributed by atoms with Crippen LogP contribution in [0.25, 0.3) is 0 Å². The average Bonchev–Trinajstić information content (AvgIpc) is 2.92. The molecule has 1 aromatic heterocycles. The van der Waals surface area contributed by atoms with Gasteiger partial charge in [-0.15, -0.1) is 0 Å². The zero-order valence-electron chi connectivity index (χ0n) is 11.7. The number of aliphatic carboxylic acids is 1. The Morgan fingerprint density at radius 2 is 2.38 bits per heavy atom. The first-order chi connectivity index (χ1) is 10.1. The lowest BCUT2D eigenvalue weighted by molar-refractivity contribution is -0.137. The Morgan fingerprint density at radius 3 is 3.10 bits per heavy atom. The van der Waals surface area contributed by atoms with Gasteiger partial charge in [-0.3, -0.25) is 9.59 Å². The van der Waals surface area contributed by atoms with Crippen molar-refractivity contribution in [1.82, 2.24) is 9.88 Å². The first-order valence-corrected chi connectivity index (χ1v) is 6.85. The molecule has 1 N–H and O–H groups in total. The van der Waals surface area contributed by atoms with E-state index < -0.39 is 5.97 Å². The van der Waals surface area contributed by atoms with E-state index in [0.717, 1.165) is 6.42 Å². The highest BCUT2D eigenvalue weighted by Gasteiger charge is 2.32. The number of hydrogen-bond acceptors (Lipinski definition) is 4. The van der Waals surface area contributed by atoms with Crippen molar-refractivity contribution >= 4 is 11.9 Å². The van der Waals surface area contributed by atoms with Crippen molar-refractivity contribution in [3.8, 4) is 5.75 Å². The van der Waals surface area contributed by atoms with Gasteiger partial charge in [-0.05, 0) is 25.0 Å². The number of rotatable bonds is 6. The largest absolute Gasteiger partial charge is 0.487 e. The van der Waals surface area contributed by atoms with E-state index in [1.807, 2.05) is 0 Å². The summed E-state index contributed by atoms with van der Waals surface area (Å²) in [7, 11) is 0. The molecule has 1 aliphatic rings. The summed E-state index contributed by atoms with van der Waals surface area (Å²) in [6.07, 6.45) is 4.58. The van der Waals surface area contributed by atoms with E-state index in [0.29, 0.717) is 18.7 Å². The Labute approximate surface area is 123 Å². The number of ether oxygens (including phenoxy) is 1. The highest BCUT2D eigenvalue weighted by molar-refractivity contribution is 5.95. The fourth-order valence-corrected chi connectivity index (χ4v) is 2.47. The summed E-state index contributed by atoms with van der Waals surface area (Å²) in [6.45, 7) is 4.40. The summed E-state index contributed by atoms with van der Waals surface area (Å²) in [5.41, 5.74) is 0.219. The Morgan fingerprint density at radius 1 is 1.57 bits per heavy atom. The molecule has 2 heterocycles. The smallest absolute Gasteiger partial charge is 0.305 e. The Hall–Kier alpha value is -2.37. The van der Waals surface area contributed by atoms with Crippen LogP contribution in [0.5, 0.6) is 5.75 Å². The van der Waals surface area contributed by atoms with Crippen LogP contribution in [0.15, 0.2) is 31.0 Å². The summed E-state index contributed by atoms with van der Waals surface area (Å²) in [6, 6.07) is 3.09. The number of likely N-dealkylation sites (tertiary alicyclic amines) is 1. The van der Waals surface area contributed by atoms with Gasteiger partial charge < -0.3 is 14.7 Å². The number of carbonyl (C=O) groups is 2. The second-order valence-corrected chi connectivity index (χ2v) is 4.84. The van der Waals surface area contributed by atoms with Crippen molar-refractivity contribution in [3.63, 3.8) is 0 Å². The van der Waals surface area contributed by atoms with E-state index >= 15 is 0 Å². The van der Waals surface area contributed by atoms with Crippen molar-refractivity contribution in [3.05, 3.63) is 36.7 Å². The molecule has 0 aromatic carbocycles. The van der Waals surface area contributed by atoms with Gasteiger partial charge in [0, 0.05) is 18.8 Å². The second-order valence-electron chi connectivity index (χ2n) is 4.84. The maximum Gasteiger partial charge on any atom is 0.305 e. The van der Waals surface area contributed by atoms with E-state index in [-0.39, 0.29) is 30.7 Å². The van der Waals surface area contributed by atoms with Crippen molar-refractivity contribution in [2.75, 3.05) is 13.2 Å². The van der Waals surface area contributed by atoms with Crippen LogP contribution in [0.2, 0.25) is 0 Å². The van der Waals surface area contributed by atoms with Crippen molar-refractivity contribution in [1.29, 1.82) is 0 Å². The third-order valence-electron chi connectivity index (χ3n) is 3.38. The van der Waals surface area contributed by atoms with E-state index in [1.165, 1.54) is 6.20 Å². The number of carbonyl (C=O) groups excluding carboxylic acids is 1. The zero-order valence-corrected chi connectivity index (χ0v) is 11.7. The van der Waals surface area contributed by atoms with Crippen molar-refractivity contribution < 1.29 is 19.4 Å². The molecule has 0 aliphatic carbocycles. The molecule has 21 heavy (non-hydrogen) atoms. The third kappa shape index (κ3) is 3.59. The van der Waals surface area contributed by atoms with Crippen LogP contribution in [0, 0.1) is 0 Å². The van der Waals surface area contributed by atoms with Gasteiger partial charge in [-0.1, -0.05) is 12.7 Å². The van der Waals surface area contributed by atoms with Crippen molar-refractivity contribution in [2.45, 2.75) is 25.3 Å². The minimum Gasteiger partial charge on any atom is -0.487 e. The molecule has 0 radical (unpaired) electrons. The van der Waals surface area contributed by atoms with Gasteiger partial charge in [-0.25, -0.2) is 4.98 Å². The Bertz CT molecular complexity index is 544. The molecule has 1 fully saturated rings. The van der Waals surface area contributed by atoms with E-state index in [4.69, 9.17) is 9.84 Å². The number of nitrogens with zero attached hydrogens (tertiary/aromatic N) is 2. The van der Waals surface area contributed by atoms with Gasteiger partial charge in [0.15, 0.2) is 11.4 Å². The molecular formula is C15H18N2O4. The van der Waals surface area contributed by atoms with Crippen LogP contribution in [0.1, 0.15) is 29.8 Å². The predicted molar refractivity (Wildman–Crippen MR) is 76.2 cm³/mol. The number of amides is 1. The normalized spacial score (nSPS) is 17.5. The van der Waals surface area contributed by atoms with Crippen LogP contribution < -0.4 is 4.74 Å². The summed E-state index contributed by atoms with van der Waals surface area (Å²) >= 11 is 0. The number of pyridine rings is 1. The van der Waals surface area contributed by atoms with Gasteiger partial charge in [0.05, 0.1) is 6.42 Å². The lowest BCUT2D eigenvalue weighted by Crippen LogP contribution is -2.37. The number of hydrogen-bond donors (Lipinski definition) is 1. The van der Waals surface area contributed by atoms with E-state index in [2.05, 4.69) is 11.6 Å². The summed E-state index contributed by atoms with van der Waals surface area (Å²) < 4.78 is 5.44. The monoisotopic (exact) mass is 290 g/mol. The molecule has 1 aliphatic heterocycles. The Balaban J connectivity index is 2.19. The molecule has 1 saturated heterocycles. The molecule has 0 bridgehead atoms. The summed E-state index contributed by atoms with van der Waals surface area (Å²) in [5.74, 6) is -0.786. The topological polar surface area (TPSA) is 79.7 Å². The Kier molecular flexibility index (Phi) is 4.92. The molecule has 1 unspecified atom stereocenters. The van der Waals surface area contributed by atoms with Gasteiger partial charge in [0.1, 0.15) is 6.61 Å². The quantitative estimate of drug-likeness (QED) is 0.807. The third-order valence-corrected chi connectivity index (χ3v) is 3.38. The molecule has 0 saturated carbocycles. The molecule has 2 rings (SSSR count). The fourth-order valence-electron chi connectivity index (χ4n) is 2.47. The molecule has 6 heteroatoms. The van der Waals surface area contributed by atoms with Gasteiger partial charge in [-0.2, -0.15) is 0 Å². The zero-order chi connectivity index (χ0) is 15.2. The molecule has 1 amide bonds. The SMILES string of the molecule is C=CCOc1cccnc1C(=O)N1CCCC1CC(=O)O. The van der Waals surface area contributed by atoms with Crippen LogP contribution in [0.4, 0.5) is 0 Å². The standard InChI is InChI=1S/C15H18N2O4/c1-2-9-21-12-6-3-7-16-14(12)15(20)17-8-4-5-11(17)10-13(18)19/h2-3,6-7,11H,1,4-5,8-10H2,(H,18,19). The maximum absolute atomic E-state index is 12.6. The molecule has 1 atom stereocenters. The van der Waals surface area contributed by atoms with E-state index in [1.54, 1.807) is 23.1 Å². The molecule has 0 spiro atoms. The molecule has 6 nitrogen and oxygen atoms in total. The minimum absolute atomic E-state index is 0.0403. The lowest BCUT2D eigenvalue weighted by Gasteiger charge is -2.23. The predicted octanol–water partition coefficient (Wildman–Crippen LogP) is 1.73. The number of carboxylic acid groups (broad SMARTS) is 1. The lowest BCUT2D eigenvalue weighted by atomic mass is 10.1. The van der Waals surface area contributed by atoms with Crippen LogP contribution in [-0.2, 0) is 4.79 Å². The fraction of sp³-hybridized carbons (Fsp3) is 0.400. The average molecular weight is 290 g/mol. The van der Waals surface area contributed by atoms with Crippen molar-refractivity contribution in [2.24, 2.45) is 0 Å². The highest BCUT2D eigenvalue weighted by atomic mass is 16.5. The van der Waals surface area contributed by atoms with Crippen LogP contribution >= 0.6 is 0 Å². The summed E-state index contributed by atoms with van der Waals surface area (Å²) in [4.78, 5) is 29.1. The van der Waals surface area contributed by atoms with Gasteiger partial charge in [0.2, 0.25) is 0 Å². The first-order valence-electron chi connectivity index (χ1n) is 6.85. The molecule has 112 valence electrons. The van der Waals surface area contributed by atoms with Crippen LogP contribution in [-0.4, -0.2) is 46.1 Å². The molecular weight excluding hydrogens is 272 g/mol. The van der Waals surface area contributed by atoms with Gasteiger partial charge in [0.25, 0.3) is 5.91 Å². The number of aromatic nitrogens is 1. The number of carboxylic acids is 1. The second kappa shape index (κ2) is 6.88. The maximum atomic E-state index is 12.6.